The van der Waals surface area contributed by atoms with Gasteiger partial charge in [0.2, 0.25) is 0 Å². The van der Waals surface area contributed by atoms with Gasteiger partial charge in [-0.1, -0.05) is 54.6 Å². The Morgan fingerprint density at radius 3 is 2.29 bits per heavy atom. The highest BCUT2D eigenvalue weighted by Crippen LogP contribution is 2.32. The van der Waals surface area contributed by atoms with Crippen LogP contribution in [0.3, 0.4) is 0 Å². The lowest BCUT2D eigenvalue weighted by molar-refractivity contribution is -0.113. The first-order chi connectivity index (χ1) is 11.8. The molecule has 0 radical (unpaired) electrons. The Morgan fingerprint density at radius 1 is 0.917 bits per heavy atom. The van der Waals surface area contributed by atoms with Crippen molar-refractivity contribution in [2.75, 3.05) is 13.1 Å². The molecule has 0 spiro atoms. The maximum absolute atomic E-state index is 12.1. The zero-order chi connectivity index (χ0) is 16.4. The van der Waals surface area contributed by atoms with Crippen molar-refractivity contribution in [1.29, 1.82) is 0 Å². The molecule has 0 atom stereocenters. The molecular weight excluding hydrogens is 316 g/mol. The van der Waals surface area contributed by atoms with E-state index in [9.17, 15) is 4.79 Å². The number of rotatable bonds is 2. The van der Waals surface area contributed by atoms with Gasteiger partial charge in [0.15, 0.2) is 5.17 Å². The Bertz CT molecular complexity index is 803. The molecule has 24 heavy (non-hydrogen) atoms. The monoisotopic (exact) mass is 334 g/mol. The van der Waals surface area contributed by atoms with Gasteiger partial charge >= 0.3 is 0 Å². The number of benzene rings is 2. The largest absolute Gasteiger partial charge is 0.351 e. The SMILES string of the molecule is O=C1N=C(N2CCCC2)SC1=Cc1ccc(-c2ccccc2)cc1. The van der Waals surface area contributed by atoms with Crippen molar-refractivity contribution in [2.45, 2.75) is 12.8 Å². The molecule has 4 heteroatoms. The Balaban J connectivity index is 1.51. The van der Waals surface area contributed by atoms with Crippen molar-refractivity contribution in [2.24, 2.45) is 4.99 Å². The highest BCUT2D eigenvalue weighted by atomic mass is 32.2. The van der Waals surface area contributed by atoms with Crippen molar-refractivity contribution in [3.63, 3.8) is 0 Å². The number of carbonyl (C=O) groups excluding carboxylic acids is 1. The third-order valence-corrected chi connectivity index (χ3v) is 5.35. The van der Waals surface area contributed by atoms with Crippen molar-refractivity contribution in [1.82, 2.24) is 4.90 Å². The first-order valence-corrected chi connectivity index (χ1v) is 9.04. The summed E-state index contributed by atoms with van der Waals surface area (Å²) in [6, 6.07) is 18.6. The highest BCUT2D eigenvalue weighted by Gasteiger charge is 2.27. The van der Waals surface area contributed by atoms with Crippen LogP contribution in [0.25, 0.3) is 17.2 Å². The van der Waals surface area contributed by atoms with Crippen LogP contribution in [0, 0.1) is 0 Å². The summed E-state index contributed by atoms with van der Waals surface area (Å²) < 4.78 is 0. The summed E-state index contributed by atoms with van der Waals surface area (Å²) in [5.41, 5.74) is 3.41. The molecule has 4 rings (SSSR count). The molecule has 0 N–H and O–H groups in total. The third-order valence-electron chi connectivity index (χ3n) is 4.30. The number of hydrogen-bond acceptors (Lipinski definition) is 3. The van der Waals surface area contributed by atoms with Gasteiger partial charge in [0.1, 0.15) is 0 Å². The van der Waals surface area contributed by atoms with E-state index in [1.54, 1.807) is 0 Å². The molecule has 0 saturated carbocycles. The van der Waals surface area contributed by atoms with Crippen molar-refractivity contribution < 1.29 is 4.79 Å². The van der Waals surface area contributed by atoms with E-state index in [0.717, 1.165) is 23.8 Å². The molecule has 2 aliphatic heterocycles. The lowest BCUT2D eigenvalue weighted by atomic mass is 10.0. The highest BCUT2D eigenvalue weighted by molar-refractivity contribution is 8.18. The zero-order valence-electron chi connectivity index (χ0n) is 13.3. The minimum absolute atomic E-state index is 0.117. The van der Waals surface area contributed by atoms with Crippen LogP contribution in [0.2, 0.25) is 0 Å². The van der Waals surface area contributed by atoms with Gasteiger partial charge in [0.05, 0.1) is 4.91 Å². The molecule has 2 aromatic carbocycles. The number of likely N-dealkylation sites (tertiary alicyclic amines) is 1. The molecular formula is C20H18N2OS. The van der Waals surface area contributed by atoms with E-state index in [1.165, 1.54) is 35.7 Å². The first-order valence-electron chi connectivity index (χ1n) is 8.23. The summed E-state index contributed by atoms with van der Waals surface area (Å²) in [5, 5.41) is 0.865. The van der Waals surface area contributed by atoms with Gasteiger partial charge in [-0.25, -0.2) is 0 Å². The smallest absolute Gasteiger partial charge is 0.286 e. The zero-order valence-corrected chi connectivity index (χ0v) is 14.1. The lowest BCUT2D eigenvalue weighted by Gasteiger charge is -2.14. The second-order valence-corrected chi connectivity index (χ2v) is 7.00. The third kappa shape index (κ3) is 3.15. The minimum atomic E-state index is -0.117. The van der Waals surface area contributed by atoms with Crippen LogP contribution < -0.4 is 0 Å². The fraction of sp³-hybridized carbons (Fsp3) is 0.200. The Morgan fingerprint density at radius 2 is 1.58 bits per heavy atom. The molecule has 2 aliphatic rings. The van der Waals surface area contributed by atoms with Gasteiger partial charge < -0.3 is 4.90 Å². The van der Waals surface area contributed by atoms with Crippen molar-refractivity contribution in [3.05, 3.63) is 65.1 Å². The summed E-state index contributed by atoms with van der Waals surface area (Å²) in [5.74, 6) is -0.117. The first kappa shape index (κ1) is 15.2. The molecule has 0 aliphatic carbocycles. The molecule has 1 saturated heterocycles. The van der Waals surface area contributed by atoms with Crippen LogP contribution in [0.5, 0.6) is 0 Å². The van der Waals surface area contributed by atoms with E-state index in [-0.39, 0.29) is 5.91 Å². The standard InChI is InChI=1S/C20H18N2OS/c23-19-18(24-20(21-19)22-12-4-5-13-22)14-15-8-10-17(11-9-15)16-6-2-1-3-7-16/h1-3,6-11,14H,4-5,12-13H2. The normalized spacial score (nSPS) is 19.2. The van der Waals surface area contributed by atoms with Crippen LogP contribution in [0.4, 0.5) is 0 Å². The van der Waals surface area contributed by atoms with E-state index >= 15 is 0 Å². The summed E-state index contributed by atoms with van der Waals surface area (Å²) >= 11 is 1.50. The number of carbonyl (C=O) groups is 1. The minimum Gasteiger partial charge on any atom is -0.351 e. The fourth-order valence-corrected chi connectivity index (χ4v) is 3.96. The number of aliphatic imine (C=N–C) groups is 1. The van der Waals surface area contributed by atoms with E-state index in [4.69, 9.17) is 0 Å². The maximum atomic E-state index is 12.1. The van der Waals surface area contributed by atoms with Gasteiger partial charge in [-0.15, -0.1) is 0 Å². The molecule has 2 heterocycles. The maximum Gasteiger partial charge on any atom is 0.286 e. The summed E-state index contributed by atoms with van der Waals surface area (Å²) in [7, 11) is 0. The van der Waals surface area contributed by atoms with E-state index < -0.39 is 0 Å². The van der Waals surface area contributed by atoms with E-state index in [2.05, 4.69) is 46.3 Å². The van der Waals surface area contributed by atoms with E-state index in [0.29, 0.717) is 4.91 Å². The number of nitrogens with zero attached hydrogens (tertiary/aromatic N) is 2. The van der Waals surface area contributed by atoms with Gasteiger partial charge in [0, 0.05) is 13.1 Å². The molecule has 120 valence electrons. The summed E-state index contributed by atoms with van der Waals surface area (Å²) in [6.07, 6.45) is 4.32. The molecule has 0 bridgehead atoms. The lowest BCUT2D eigenvalue weighted by Crippen LogP contribution is -2.23. The molecule has 1 amide bonds. The topological polar surface area (TPSA) is 32.7 Å². The number of hydrogen-bond donors (Lipinski definition) is 0. The van der Waals surface area contributed by atoms with Crippen molar-refractivity contribution >= 4 is 28.9 Å². The quantitative estimate of drug-likeness (QED) is 0.762. The van der Waals surface area contributed by atoms with E-state index in [1.807, 2.05) is 24.3 Å². The molecule has 0 unspecified atom stereocenters. The van der Waals surface area contributed by atoms with Gasteiger partial charge in [-0.3, -0.25) is 4.79 Å². The number of amidine groups is 1. The second-order valence-electron chi connectivity index (χ2n) is 5.99. The predicted octanol–water partition coefficient (Wildman–Crippen LogP) is 4.42. The predicted molar refractivity (Wildman–Crippen MR) is 101 cm³/mol. The van der Waals surface area contributed by atoms with Gasteiger partial charge in [-0.2, -0.15) is 4.99 Å². The van der Waals surface area contributed by atoms with Crippen LogP contribution in [-0.4, -0.2) is 29.1 Å². The second kappa shape index (κ2) is 6.65. The van der Waals surface area contributed by atoms with Crippen molar-refractivity contribution in [3.8, 4) is 11.1 Å². The number of thioether (sulfide) groups is 1. The number of amides is 1. The Kier molecular flexibility index (Phi) is 4.22. The van der Waals surface area contributed by atoms with Gasteiger partial charge in [-0.05, 0) is 47.4 Å². The fourth-order valence-electron chi connectivity index (χ4n) is 3.00. The molecule has 2 aromatic rings. The summed E-state index contributed by atoms with van der Waals surface area (Å²) in [4.78, 5) is 19.3. The Labute approximate surface area is 146 Å². The molecule has 1 fully saturated rings. The Hall–Kier alpha value is -2.33. The van der Waals surface area contributed by atoms with Crippen LogP contribution in [0.15, 0.2) is 64.5 Å². The van der Waals surface area contributed by atoms with Crippen LogP contribution >= 0.6 is 11.8 Å². The average molecular weight is 334 g/mol. The van der Waals surface area contributed by atoms with Crippen LogP contribution in [0.1, 0.15) is 18.4 Å². The van der Waals surface area contributed by atoms with Crippen LogP contribution in [-0.2, 0) is 4.79 Å². The molecule has 0 aromatic heterocycles. The molecule has 3 nitrogen and oxygen atoms in total. The van der Waals surface area contributed by atoms with Gasteiger partial charge in [0.25, 0.3) is 5.91 Å². The average Bonchev–Trinajstić information content (AvgIpc) is 3.27. The summed E-state index contributed by atoms with van der Waals surface area (Å²) in [6.45, 7) is 2.02.